The van der Waals surface area contributed by atoms with Crippen LogP contribution in [0.2, 0.25) is 5.02 Å². The van der Waals surface area contributed by atoms with Crippen molar-refractivity contribution in [3.8, 4) is 5.75 Å². The minimum Gasteiger partial charge on any atom is -0.504 e. The van der Waals surface area contributed by atoms with Crippen molar-refractivity contribution < 1.29 is 13.5 Å². The second kappa shape index (κ2) is 5.04. The summed E-state index contributed by atoms with van der Waals surface area (Å²) in [4.78, 5) is 3.74. The molecule has 0 atom stereocenters. The van der Waals surface area contributed by atoms with Crippen LogP contribution in [0.15, 0.2) is 32.4 Å². The predicted molar refractivity (Wildman–Crippen MR) is 73.7 cm³/mol. The lowest BCUT2D eigenvalue weighted by atomic mass is 10.4. The number of halogens is 2. The SMILES string of the molecule is O=S(=O)(Nc1ncccc1O)c1cc(Cl)c(Br)s1. The Balaban J connectivity index is 2.36. The highest BCUT2D eigenvalue weighted by Crippen LogP contribution is 2.35. The van der Waals surface area contributed by atoms with Crippen LogP contribution in [0, 0.1) is 0 Å². The van der Waals surface area contributed by atoms with Gasteiger partial charge in [0.2, 0.25) is 0 Å². The number of nitrogens with one attached hydrogen (secondary N) is 1. The van der Waals surface area contributed by atoms with E-state index in [1.54, 1.807) is 0 Å². The molecule has 5 nitrogen and oxygen atoms in total. The molecule has 0 aliphatic rings. The molecule has 0 unspecified atom stereocenters. The molecular weight excluding hydrogens is 364 g/mol. The summed E-state index contributed by atoms with van der Waals surface area (Å²) in [6.45, 7) is 0. The Hall–Kier alpha value is -0.830. The van der Waals surface area contributed by atoms with Crippen LogP contribution in [0.25, 0.3) is 0 Å². The third-order valence-electron chi connectivity index (χ3n) is 1.90. The fourth-order valence-corrected chi connectivity index (χ4v) is 4.53. The summed E-state index contributed by atoms with van der Waals surface area (Å²) in [6, 6.07) is 4.15. The number of anilines is 1. The van der Waals surface area contributed by atoms with E-state index < -0.39 is 10.0 Å². The van der Waals surface area contributed by atoms with Crippen LogP contribution in [0.4, 0.5) is 5.82 Å². The van der Waals surface area contributed by atoms with Crippen molar-refractivity contribution in [2.45, 2.75) is 4.21 Å². The lowest BCUT2D eigenvalue weighted by Gasteiger charge is -2.06. The van der Waals surface area contributed by atoms with Gasteiger partial charge in [-0.2, -0.15) is 0 Å². The van der Waals surface area contributed by atoms with E-state index in [2.05, 4.69) is 25.6 Å². The molecule has 96 valence electrons. The van der Waals surface area contributed by atoms with Crippen molar-refractivity contribution in [3.63, 3.8) is 0 Å². The maximum absolute atomic E-state index is 12.0. The molecule has 0 bridgehead atoms. The molecule has 2 aromatic heterocycles. The number of hydrogen-bond donors (Lipinski definition) is 2. The molecule has 2 heterocycles. The quantitative estimate of drug-likeness (QED) is 0.871. The first-order chi connectivity index (χ1) is 8.40. The molecular formula is C9H6BrClN2O3S2. The number of hydrogen-bond acceptors (Lipinski definition) is 5. The van der Waals surface area contributed by atoms with Gasteiger partial charge in [0.05, 0.1) is 8.81 Å². The molecule has 0 spiro atoms. The predicted octanol–water partition coefficient (Wildman–Crippen LogP) is 3.07. The highest BCUT2D eigenvalue weighted by molar-refractivity contribution is 9.11. The van der Waals surface area contributed by atoms with Gasteiger partial charge in [-0.1, -0.05) is 11.6 Å². The highest BCUT2D eigenvalue weighted by Gasteiger charge is 2.20. The van der Waals surface area contributed by atoms with E-state index >= 15 is 0 Å². The molecule has 2 rings (SSSR count). The summed E-state index contributed by atoms with van der Waals surface area (Å²) in [6.07, 6.45) is 1.37. The van der Waals surface area contributed by atoms with Gasteiger partial charge in [0.15, 0.2) is 11.6 Å². The molecule has 2 aromatic rings. The van der Waals surface area contributed by atoms with Crippen molar-refractivity contribution in [1.29, 1.82) is 0 Å². The number of aromatic nitrogens is 1. The van der Waals surface area contributed by atoms with Gasteiger partial charge in [0.25, 0.3) is 10.0 Å². The summed E-state index contributed by atoms with van der Waals surface area (Å²) in [5, 5.41) is 9.77. The molecule has 0 aliphatic carbocycles. The van der Waals surface area contributed by atoms with E-state index in [1.165, 1.54) is 24.4 Å². The summed E-state index contributed by atoms with van der Waals surface area (Å²) in [5.74, 6) is -0.374. The Morgan fingerprint density at radius 3 is 2.78 bits per heavy atom. The molecule has 2 N–H and O–H groups in total. The zero-order valence-electron chi connectivity index (χ0n) is 8.59. The molecule has 0 radical (unpaired) electrons. The molecule has 18 heavy (non-hydrogen) atoms. The number of nitrogens with zero attached hydrogens (tertiary/aromatic N) is 1. The average Bonchev–Trinajstić information content (AvgIpc) is 2.63. The maximum atomic E-state index is 12.0. The van der Waals surface area contributed by atoms with Crippen molar-refractivity contribution in [2.24, 2.45) is 0 Å². The zero-order chi connectivity index (χ0) is 13.3. The summed E-state index contributed by atoms with van der Waals surface area (Å²) >= 11 is 9.89. The van der Waals surface area contributed by atoms with Crippen LogP contribution in [0.5, 0.6) is 5.75 Å². The topological polar surface area (TPSA) is 79.3 Å². The number of thiophene rings is 1. The Morgan fingerprint density at radius 1 is 1.50 bits per heavy atom. The lowest BCUT2D eigenvalue weighted by molar-refractivity contribution is 0.475. The zero-order valence-corrected chi connectivity index (χ0v) is 12.6. The van der Waals surface area contributed by atoms with Crippen LogP contribution >= 0.6 is 38.9 Å². The van der Waals surface area contributed by atoms with Gasteiger partial charge in [-0.05, 0) is 34.1 Å². The molecule has 9 heteroatoms. The van der Waals surface area contributed by atoms with Gasteiger partial charge in [-0.15, -0.1) is 11.3 Å². The minimum atomic E-state index is -3.81. The van der Waals surface area contributed by atoms with E-state index in [1.807, 2.05) is 0 Å². The lowest BCUT2D eigenvalue weighted by Crippen LogP contribution is -2.12. The van der Waals surface area contributed by atoms with E-state index in [4.69, 9.17) is 11.6 Å². The van der Waals surface area contributed by atoms with Gasteiger partial charge in [0.1, 0.15) is 4.21 Å². The van der Waals surface area contributed by atoms with E-state index in [-0.39, 0.29) is 15.8 Å². The minimum absolute atomic E-state index is 0.0319. The number of aromatic hydroxyl groups is 1. The van der Waals surface area contributed by atoms with Crippen LogP contribution in [-0.4, -0.2) is 18.5 Å². The van der Waals surface area contributed by atoms with Crippen molar-refractivity contribution in [1.82, 2.24) is 4.98 Å². The summed E-state index contributed by atoms with van der Waals surface area (Å²) < 4.78 is 26.7. The third kappa shape index (κ3) is 2.77. The molecule has 0 amide bonds. The van der Waals surface area contributed by atoms with Gasteiger partial charge < -0.3 is 5.11 Å². The van der Waals surface area contributed by atoms with Crippen molar-refractivity contribution in [3.05, 3.63) is 33.2 Å². The van der Waals surface area contributed by atoms with Crippen molar-refractivity contribution >= 4 is 54.7 Å². The second-order valence-corrected chi connectivity index (χ2v) is 7.85. The Kier molecular flexibility index (Phi) is 3.81. The second-order valence-electron chi connectivity index (χ2n) is 3.16. The largest absolute Gasteiger partial charge is 0.504 e. The first kappa shape index (κ1) is 13.6. The van der Waals surface area contributed by atoms with Crippen molar-refractivity contribution in [2.75, 3.05) is 4.72 Å². The average molecular weight is 370 g/mol. The molecule has 0 aliphatic heterocycles. The molecule has 0 saturated carbocycles. The van der Waals surface area contributed by atoms with Gasteiger partial charge in [-0.25, -0.2) is 13.4 Å². The number of rotatable bonds is 3. The number of pyridine rings is 1. The normalized spacial score (nSPS) is 11.4. The smallest absolute Gasteiger partial charge is 0.272 e. The monoisotopic (exact) mass is 368 g/mol. The van der Waals surface area contributed by atoms with Crippen LogP contribution in [0.3, 0.4) is 0 Å². The standard InChI is InChI=1S/C9H6BrClN2O3S2/c10-8-5(11)4-7(17-8)18(15,16)13-9-6(14)2-1-3-12-9/h1-4,14H,(H,12,13). The summed E-state index contributed by atoms with van der Waals surface area (Å²) in [5.41, 5.74) is 0. The third-order valence-corrected chi connectivity index (χ3v) is 6.19. The van der Waals surface area contributed by atoms with Gasteiger partial charge in [-0.3, -0.25) is 4.72 Å². The molecule has 0 saturated heterocycles. The summed E-state index contributed by atoms with van der Waals surface area (Å²) in [7, 11) is -3.81. The van der Waals surface area contributed by atoms with Gasteiger partial charge >= 0.3 is 0 Å². The van der Waals surface area contributed by atoms with E-state index in [0.29, 0.717) is 8.81 Å². The fourth-order valence-electron chi connectivity index (χ4n) is 1.11. The first-order valence-electron chi connectivity index (χ1n) is 4.52. The van der Waals surface area contributed by atoms with Crippen LogP contribution < -0.4 is 4.72 Å². The van der Waals surface area contributed by atoms with Gasteiger partial charge in [0, 0.05) is 6.20 Å². The highest BCUT2D eigenvalue weighted by atomic mass is 79.9. The Morgan fingerprint density at radius 2 is 2.22 bits per heavy atom. The van der Waals surface area contributed by atoms with Crippen LogP contribution in [0.1, 0.15) is 0 Å². The first-order valence-corrected chi connectivity index (χ1v) is 7.99. The molecule has 0 fully saturated rings. The molecule has 0 aromatic carbocycles. The maximum Gasteiger partial charge on any atom is 0.272 e. The Bertz CT molecular complexity index is 667. The number of sulfonamides is 1. The Labute approximate surface area is 121 Å². The van der Waals surface area contributed by atoms with E-state index in [9.17, 15) is 13.5 Å². The fraction of sp³-hybridized carbons (Fsp3) is 0. The van der Waals surface area contributed by atoms with Crippen LogP contribution in [-0.2, 0) is 10.0 Å². The van der Waals surface area contributed by atoms with E-state index in [0.717, 1.165) is 11.3 Å².